The van der Waals surface area contributed by atoms with Gasteiger partial charge in [-0.15, -0.1) is 0 Å². The molecule has 2 unspecified atom stereocenters. The van der Waals surface area contributed by atoms with Crippen molar-refractivity contribution in [1.82, 2.24) is 0 Å². The highest BCUT2D eigenvalue weighted by Gasteiger charge is 2.55. The lowest BCUT2D eigenvalue weighted by atomic mass is 9.67. The fraction of sp³-hybridized carbons (Fsp3) is 0.611. The molecule has 4 rings (SSSR count). The Bertz CT molecular complexity index is 678. The van der Waals surface area contributed by atoms with E-state index in [9.17, 15) is 0 Å². The Hall–Kier alpha value is -1.27. The summed E-state index contributed by atoms with van der Waals surface area (Å²) in [5.41, 5.74) is 6.51. The van der Waals surface area contributed by atoms with Gasteiger partial charge in [-0.1, -0.05) is 15.9 Å². The minimum atomic E-state index is -0.467. The highest BCUT2D eigenvalue weighted by Crippen LogP contribution is 2.53. The maximum absolute atomic E-state index is 6.32. The standard InChI is InChI=1S/C18H23BrN2O3/c1-10(2)23-12-4-6-16-14(8-12)18(9-22-17(20)21-18)13-7-11(19)3-5-15(13)24-16/h3,5,7,10,12,14,16H,4,6,8-9H2,1-2H3,(H2,20,21)/t12?,14-,16-,18?/m0/s1. The highest BCUT2D eigenvalue weighted by molar-refractivity contribution is 9.10. The molecule has 1 aromatic carbocycles. The normalized spacial score (nSPS) is 34.3. The first-order chi connectivity index (χ1) is 11.5. The molecular formula is C18H23BrN2O3. The summed E-state index contributed by atoms with van der Waals surface area (Å²) in [6.07, 6.45) is 3.48. The third-order valence-electron chi connectivity index (χ3n) is 5.25. The highest BCUT2D eigenvalue weighted by atomic mass is 79.9. The van der Waals surface area contributed by atoms with Gasteiger partial charge in [0.25, 0.3) is 6.02 Å². The van der Waals surface area contributed by atoms with E-state index < -0.39 is 5.54 Å². The summed E-state index contributed by atoms with van der Waals surface area (Å²) in [5.74, 6) is 1.10. The molecule has 1 saturated carbocycles. The van der Waals surface area contributed by atoms with Crippen LogP contribution >= 0.6 is 15.9 Å². The van der Waals surface area contributed by atoms with Crippen LogP contribution in [0, 0.1) is 5.92 Å². The number of aliphatic imine (C=N–C) groups is 1. The van der Waals surface area contributed by atoms with Gasteiger partial charge in [-0.2, -0.15) is 0 Å². The number of rotatable bonds is 2. The zero-order valence-electron chi connectivity index (χ0n) is 14.0. The number of hydrogen-bond acceptors (Lipinski definition) is 5. The first kappa shape index (κ1) is 16.2. The van der Waals surface area contributed by atoms with Crippen LogP contribution in [0.4, 0.5) is 0 Å². The summed E-state index contributed by atoms with van der Waals surface area (Å²) >= 11 is 3.57. The molecule has 130 valence electrons. The molecule has 2 heterocycles. The van der Waals surface area contributed by atoms with Crippen molar-refractivity contribution in [3.05, 3.63) is 28.2 Å². The topological polar surface area (TPSA) is 66.1 Å². The lowest BCUT2D eigenvalue weighted by molar-refractivity contribution is -0.0791. The molecular weight excluding hydrogens is 372 g/mol. The number of ether oxygens (including phenoxy) is 3. The Labute approximate surface area is 150 Å². The smallest absolute Gasteiger partial charge is 0.283 e. The average Bonchev–Trinajstić information content (AvgIpc) is 2.92. The summed E-state index contributed by atoms with van der Waals surface area (Å²) < 4.78 is 19.1. The van der Waals surface area contributed by atoms with E-state index in [0.29, 0.717) is 6.61 Å². The van der Waals surface area contributed by atoms with Crippen LogP contribution in [0.1, 0.15) is 38.7 Å². The number of halogens is 1. The predicted molar refractivity (Wildman–Crippen MR) is 95.2 cm³/mol. The second kappa shape index (κ2) is 5.92. The second-order valence-corrected chi connectivity index (χ2v) is 8.10. The summed E-state index contributed by atoms with van der Waals surface area (Å²) in [6.45, 7) is 4.64. The Morgan fingerprint density at radius 3 is 2.92 bits per heavy atom. The van der Waals surface area contributed by atoms with E-state index in [0.717, 1.165) is 35.0 Å². The monoisotopic (exact) mass is 394 g/mol. The SMILES string of the molecule is CC(C)OC1CC[C@@H]2Oc3ccc(Br)cc3C3(COC(N)=N3)[C@H]2C1. The molecule has 4 atom stereocenters. The summed E-state index contributed by atoms with van der Waals surface area (Å²) in [7, 11) is 0. The van der Waals surface area contributed by atoms with Gasteiger partial charge >= 0.3 is 0 Å². The van der Waals surface area contributed by atoms with Crippen LogP contribution in [0.3, 0.4) is 0 Å². The average molecular weight is 395 g/mol. The van der Waals surface area contributed by atoms with Gasteiger partial charge in [-0.25, -0.2) is 4.99 Å². The van der Waals surface area contributed by atoms with Gasteiger partial charge in [0.2, 0.25) is 0 Å². The quantitative estimate of drug-likeness (QED) is 0.834. The van der Waals surface area contributed by atoms with Crippen molar-refractivity contribution in [2.45, 2.75) is 57.0 Å². The number of hydrogen-bond donors (Lipinski definition) is 1. The van der Waals surface area contributed by atoms with Gasteiger partial charge in [-0.3, -0.25) is 0 Å². The molecule has 2 aliphatic heterocycles. The Morgan fingerprint density at radius 1 is 1.38 bits per heavy atom. The van der Waals surface area contributed by atoms with Gasteiger partial charge in [0.15, 0.2) is 0 Å². The summed E-state index contributed by atoms with van der Waals surface area (Å²) in [4.78, 5) is 4.78. The van der Waals surface area contributed by atoms with Crippen molar-refractivity contribution < 1.29 is 14.2 Å². The van der Waals surface area contributed by atoms with E-state index in [4.69, 9.17) is 24.9 Å². The van der Waals surface area contributed by atoms with Crippen molar-refractivity contribution in [2.24, 2.45) is 16.6 Å². The van der Waals surface area contributed by atoms with Gasteiger partial charge in [0.1, 0.15) is 24.0 Å². The summed E-state index contributed by atoms with van der Waals surface area (Å²) in [6, 6.07) is 6.37. The molecule has 24 heavy (non-hydrogen) atoms. The molecule has 1 aliphatic carbocycles. The van der Waals surface area contributed by atoms with Crippen molar-refractivity contribution >= 4 is 22.0 Å². The molecule has 3 aliphatic rings. The Kier molecular flexibility index (Phi) is 4.00. The maximum atomic E-state index is 6.32. The van der Waals surface area contributed by atoms with E-state index in [1.807, 2.05) is 12.1 Å². The molecule has 5 nitrogen and oxygen atoms in total. The largest absolute Gasteiger partial charge is 0.490 e. The van der Waals surface area contributed by atoms with Crippen LogP contribution in [0.25, 0.3) is 0 Å². The van der Waals surface area contributed by atoms with Crippen LogP contribution in [0.5, 0.6) is 5.75 Å². The lowest BCUT2D eigenvalue weighted by Gasteiger charge is -2.48. The van der Waals surface area contributed by atoms with Crippen molar-refractivity contribution in [2.75, 3.05) is 6.61 Å². The first-order valence-electron chi connectivity index (χ1n) is 8.58. The van der Waals surface area contributed by atoms with E-state index in [-0.39, 0.29) is 30.3 Å². The van der Waals surface area contributed by atoms with Crippen molar-refractivity contribution in [1.29, 1.82) is 0 Å². The molecule has 0 amide bonds. The molecule has 0 saturated heterocycles. The first-order valence-corrected chi connectivity index (χ1v) is 9.37. The second-order valence-electron chi connectivity index (χ2n) is 7.19. The van der Waals surface area contributed by atoms with Gasteiger partial charge in [0.05, 0.1) is 12.2 Å². The minimum Gasteiger partial charge on any atom is -0.490 e. The van der Waals surface area contributed by atoms with E-state index in [1.165, 1.54) is 0 Å². The van der Waals surface area contributed by atoms with Crippen molar-refractivity contribution in [3.63, 3.8) is 0 Å². The van der Waals surface area contributed by atoms with E-state index in [1.54, 1.807) is 0 Å². The molecule has 1 fully saturated rings. The lowest BCUT2D eigenvalue weighted by Crippen LogP contribution is -2.52. The van der Waals surface area contributed by atoms with Crippen LogP contribution in [0.2, 0.25) is 0 Å². The molecule has 0 aromatic heterocycles. The predicted octanol–water partition coefficient (Wildman–Crippen LogP) is 3.34. The third-order valence-corrected chi connectivity index (χ3v) is 5.75. The zero-order chi connectivity index (χ0) is 16.9. The summed E-state index contributed by atoms with van der Waals surface area (Å²) in [5, 5.41) is 0. The van der Waals surface area contributed by atoms with Crippen LogP contribution in [0.15, 0.2) is 27.7 Å². The van der Waals surface area contributed by atoms with Crippen molar-refractivity contribution in [3.8, 4) is 5.75 Å². The molecule has 6 heteroatoms. The molecule has 0 radical (unpaired) electrons. The number of nitrogens with two attached hydrogens (primary N) is 1. The third kappa shape index (κ3) is 2.60. The fourth-order valence-electron chi connectivity index (χ4n) is 4.34. The Balaban J connectivity index is 1.76. The van der Waals surface area contributed by atoms with Crippen LogP contribution in [-0.4, -0.2) is 30.9 Å². The van der Waals surface area contributed by atoms with E-state index >= 15 is 0 Å². The van der Waals surface area contributed by atoms with Gasteiger partial charge in [0, 0.05) is 16.0 Å². The number of amidine groups is 1. The molecule has 0 bridgehead atoms. The number of nitrogens with zero attached hydrogens (tertiary/aromatic N) is 1. The number of benzene rings is 1. The Morgan fingerprint density at radius 2 is 2.21 bits per heavy atom. The fourth-order valence-corrected chi connectivity index (χ4v) is 4.70. The number of fused-ring (bicyclic) bond motifs is 4. The van der Waals surface area contributed by atoms with Crippen LogP contribution in [-0.2, 0) is 15.0 Å². The van der Waals surface area contributed by atoms with Gasteiger partial charge < -0.3 is 19.9 Å². The zero-order valence-corrected chi connectivity index (χ0v) is 15.6. The molecule has 1 aromatic rings. The minimum absolute atomic E-state index is 0.129. The molecule has 2 N–H and O–H groups in total. The molecule has 1 spiro atoms. The van der Waals surface area contributed by atoms with Crippen LogP contribution < -0.4 is 10.5 Å². The van der Waals surface area contributed by atoms with Gasteiger partial charge in [-0.05, 0) is 51.3 Å². The maximum Gasteiger partial charge on any atom is 0.283 e. The van der Waals surface area contributed by atoms with E-state index in [2.05, 4.69) is 35.8 Å².